The molecule has 0 aliphatic carbocycles. The van der Waals surface area contributed by atoms with Gasteiger partial charge in [0.05, 0.1) is 0 Å². The summed E-state index contributed by atoms with van der Waals surface area (Å²) in [6.07, 6.45) is 0. The molecule has 3 heteroatoms. The van der Waals surface area contributed by atoms with Crippen molar-refractivity contribution >= 4 is 28.6 Å². The molecule has 0 fully saturated rings. The predicted molar refractivity (Wildman–Crippen MR) is 86.2 cm³/mol. The molecule has 0 unspecified atom stereocenters. The lowest BCUT2D eigenvalue weighted by molar-refractivity contribution is 1.02. The van der Waals surface area contributed by atoms with Gasteiger partial charge in [0, 0.05) is 23.5 Å². The van der Waals surface area contributed by atoms with Crippen LogP contribution in [0.5, 0.6) is 0 Å². The predicted octanol–water partition coefficient (Wildman–Crippen LogP) is 3.79. The summed E-state index contributed by atoms with van der Waals surface area (Å²) in [7, 11) is 0. The van der Waals surface area contributed by atoms with Gasteiger partial charge in [0.1, 0.15) is 4.99 Å². The Balaban J connectivity index is 2.31. The fourth-order valence-corrected chi connectivity index (χ4v) is 2.18. The molecule has 2 rings (SSSR count). The Labute approximate surface area is 119 Å². The van der Waals surface area contributed by atoms with Crippen LogP contribution in [0.1, 0.15) is 18.1 Å². The van der Waals surface area contributed by atoms with E-state index in [2.05, 4.69) is 55.1 Å². The molecule has 2 aromatic carbocycles. The molecule has 0 saturated heterocycles. The third-order valence-corrected chi connectivity index (χ3v) is 3.36. The molecule has 0 heterocycles. The van der Waals surface area contributed by atoms with Crippen molar-refractivity contribution in [2.75, 3.05) is 11.4 Å². The van der Waals surface area contributed by atoms with Crippen LogP contribution in [0.15, 0.2) is 48.5 Å². The van der Waals surface area contributed by atoms with Crippen LogP contribution >= 0.6 is 12.2 Å². The summed E-state index contributed by atoms with van der Waals surface area (Å²) in [5, 5.41) is 0. The molecule has 0 bridgehead atoms. The van der Waals surface area contributed by atoms with Crippen LogP contribution in [0, 0.1) is 6.92 Å². The summed E-state index contributed by atoms with van der Waals surface area (Å²) in [5.41, 5.74) is 10.1. The second kappa shape index (κ2) is 5.85. The Kier molecular flexibility index (Phi) is 4.17. The van der Waals surface area contributed by atoms with Crippen LogP contribution in [0.4, 0.5) is 11.4 Å². The average Bonchev–Trinajstić information content (AvgIpc) is 2.42. The minimum absolute atomic E-state index is 0.435. The number of anilines is 2. The van der Waals surface area contributed by atoms with Crippen LogP contribution in [0.3, 0.4) is 0 Å². The first-order valence-electron chi connectivity index (χ1n) is 6.36. The summed E-state index contributed by atoms with van der Waals surface area (Å²) in [6.45, 7) is 5.15. The third kappa shape index (κ3) is 3.12. The van der Waals surface area contributed by atoms with E-state index in [0.29, 0.717) is 4.99 Å². The zero-order chi connectivity index (χ0) is 13.8. The first kappa shape index (κ1) is 13.6. The van der Waals surface area contributed by atoms with Crippen LogP contribution in [0.2, 0.25) is 0 Å². The van der Waals surface area contributed by atoms with Crippen molar-refractivity contribution in [1.82, 2.24) is 0 Å². The van der Waals surface area contributed by atoms with Crippen LogP contribution < -0.4 is 10.6 Å². The molecule has 0 aliphatic heterocycles. The molecular formula is C16H18N2S. The van der Waals surface area contributed by atoms with Crippen molar-refractivity contribution in [2.45, 2.75) is 13.8 Å². The van der Waals surface area contributed by atoms with Gasteiger partial charge in [-0.1, -0.05) is 29.9 Å². The third-order valence-electron chi connectivity index (χ3n) is 3.13. The van der Waals surface area contributed by atoms with Gasteiger partial charge in [-0.2, -0.15) is 0 Å². The van der Waals surface area contributed by atoms with Crippen molar-refractivity contribution in [3.63, 3.8) is 0 Å². The van der Waals surface area contributed by atoms with Gasteiger partial charge in [-0.3, -0.25) is 0 Å². The maximum absolute atomic E-state index is 5.62. The molecule has 2 nitrogen and oxygen atoms in total. The zero-order valence-electron chi connectivity index (χ0n) is 11.3. The van der Waals surface area contributed by atoms with Crippen molar-refractivity contribution in [3.8, 4) is 0 Å². The summed E-state index contributed by atoms with van der Waals surface area (Å²) in [5.74, 6) is 0. The largest absolute Gasteiger partial charge is 0.389 e. The average molecular weight is 270 g/mol. The number of aryl methyl sites for hydroxylation is 1. The van der Waals surface area contributed by atoms with Gasteiger partial charge in [-0.05, 0) is 50.2 Å². The lowest BCUT2D eigenvalue weighted by Gasteiger charge is -2.23. The highest BCUT2D eigenvalue weighted by Gasteiger charge is 2.07. The Hall–Kier alpha value is -1.87. The number of nitrogens with zero attached hydrogens (tertiary/aromatic N) is 1. The fraction of sp³-hybridized carbons (Fsp3) is 0.188. The number of hydrogen-bond donors (Lipinski definition) is 1. The topological polar surface area (TPSA) is 29.3 Å². The van der Waals surface area contributed by atoms with E-state index in [0.717, 1.165) is 17.8 Å². The van der Waals surface area contributed by atoms with E-state index in [9.17, 15) is 0 Å². The molecule has 0 amide bonds. The van der Waals surface area contributed by atoms with E-state index >= 15 is 0 Å². The molecule has 2 aromatic rings. The number of thiocarbonyl (C=S) groups is 1. The smallest absolute Gasteiger partial charge is 0.103 e. The van der Waals surface area contributed by atoms with Crippen LogP contribution in [-0.4, -0.2) is 11.5 Å². The van der Waals surface area contributed by atoms with Gasteiger partial charge in [0.2, 0.25) is 0 Å². The molecular weight excluding hydrogens is 252 g/mol. The lowest BCUT2D eigenvalue weighted by Crippen LogP contribution is -2.16. The van der Waals surface area contributed by atoms with Gasteiger partial charge < -0.3 is 10.6 Å². The quantitative estimate of drug-likeness (QED) is 0.857. The number of rotatable bonds is 4. The van der Waals surface area contributed by atoms with Crippen LogP contribution in [0.25, 0.3) is 0 Å². The highest BCUT2D eigenvalue weighted by molar-refractivity contribution is 7.80. The highest BCUT2D eigenvalue weighted by atomic mass is 32.1. The van der Waals surface area contributed by atoms with Gasteiger partial charge in [0.25, 0.3) is 0 Å². The monoisotopic (exact) mass is 270 g/mol. The first-order chi connectivity index (χ1) is 9.11. The molecule has 0 radical (unpaired) electrons. The first-order valence-corrected chi connectivity index (χ1v) is 6.76. The molecule has 0 saturated carbocycles. The normalized spacial score (nSPS) is 10.2. The molecule has 2 N–H and O–H groups in total. The van der Waals surface area contributed by atoms with Crippen molar-refractivity contribution in [1.29, 1.82) is 0 Å². The van der Waals surface area contributed by atoms with Crippen molar-refractivity contribution in [3.05, 3.63) is 59.7 Å². The Bertz CT molecular complexity index is 558. The van der Waals surface area contributed by atoms with E-state index in [1.54, 1.807) is 0 Å². The van der Waals surface area contributed by atoms with Gasteiger partial charge in [-0.25, -0.2) is 0 Å². The van der Waals surface area contributed by atoms with Gasteiger partial charge in [0.15, 0.2) is 0 Å². The highest BCUT2D eigenvalue weighted by Crippen LogP contribution is 2.25. The Morgan fingerprint density at radius 3 is 1.89 bits per heavy atom. The molecule has 0 atom stereocenters. The van der Waals surface area contributed by atoms with E-state index < -0.39 is 0 Å². The Morgan fingerprint density at radius 2 is 1.47 bits per heavy atom. The molecule has 19 heavy (non-hydrogen) atoms. The Morgan fingerprint density at radius 1 is 1.00 bits per heavy atom. The standard InChI is InChI=1S/C16H18N2S/c1-3-18(14-8-4-12(2)5-9-14)15-10-6-13(7-11-15)16(17)19/h4-11H,3H2,1-2H3,(H2,17,19). The number of benzene rings is 2. The second-order valence-electron chi connectivity index (χ2n) is 4.49. The summed E-state index contributed by atoms with van der Waals surface area (Å²) in [4.78, 5) is 2.69. The molecule has 0 aliphatic rings. The van der Waals surface area contributed by atoms with Gasteiger partial charge >= 0.3 is 0 Å². The van der Waals surface area contributed by atoms with E-state index in [1.807, 2.05) is 12.1 Å². The zero-order valence-corrected chi connectivity index (χ0v) is 12.1. The lowest BCUT2D eigenvalue weighted by atomic mass is 10.1. The summed E-state index contributed by atoms with van der Waals surface area (Å²) in [6, 6.07) is 16.6. The minimum atomic E-state index is 0.435. The SMILES string of the molecule is CCN(c1ccc(C)cc1)c1ccc(C(N)=S)cc1. The van der Waals surface area contributed by atoms with Crippen molar-refractivity contribution < 1.29 is 0 Å². The number of hydrogen-bond acceptors (Lipinski definition) is 2. The molecule has 0 spiro atoms. The molecule has 98 valence electrons. The number of nitrogens with two attached hydrogens (primary N) is 1. The van der Waals surface area contributed by atoms with Gasteiger partial charge in [-0.15, -0.1) is 0 Å². The second-order valence-corrected chi connectivity index (χ2v) is 4.93. The minimum Gasteiger partial charge on any atom is -0.389 e. The van der Waals surface area contributed by atoms with E-state index in [4.69, 9.17) is 18.0 Å². The maximum Gasteiger partial charge on any atom is 0.103 e. The van der Waals surface area contributed by atoms with E-state index in [1.165, 1.54) is 11.3 Å². The summed E-state index contributed by atoms with van der Waals surface area (Å²) < 4.78 is 0. The molecule has 0 aromatic heterocycles. The van der Waals surface area contributed by atoms with Crippen LogP contribution in [-0.2, 0) is 0 Å². The van der Waals surface area contributed by atoms with E-state index in [-0.39, 0.29) is 0 Å². The van der Waals surface area contributed by atoms with Crippen molar-refractivity contribution in [2.24, 2.45) is 5.73 Å². The maximum atomic E-state index is 5.62. The summed E-state index contributed by atoms with van der Waals surface area (Å²) >= 11 is 4.97. The fourth-order valence-electron chi connectivity index (χ4n) is 2.04.